The first-order valence-electron chi connectivity index (χ1n) is 3.31. The maximum atomic E-state index is 12.8. The van der Waals surface area contributed by atoms with E-state index >= 15 is 0 Å². The Morgan fingerprint density at radius 2 is 2.20 bits per heavy atom. The fraction of sp³-hybridized carbons (Fsp3) is 0.500. The molecule has 2 unspecified atom stereocenters. The smallest absolute Gasteiger partial charge is 0.119 e. The number of allylic oxidation sites excluding steroid dienone is 4. The summed E-state index contributed by atoms with van der Waals surface area (Å²) < 4.78 is 12.8. The van der Waals surface area contributed by atoms with Gasteiger partial charge in [-0.25, -0.2) is 4.39 Å². The van der Waals surface area contributed by atoms with Crippen molar-refractivity contribution in [2.75, 3.05) is 0 Å². The van der Waals surface area contributed by atoms with Crippen LogP contribution >= 0.6 is 11.6 Å². The largest absolute Gasteiger partial charge is 0.210 e. The van der Waals surface area contributed by atoms with Gasteiger partial charge in [-0.2, -0.15) is 0 Å². The van der Waals surface area contributed by atoms with Gasteiger partial charge in [0.15, 0.2) is 0 Å². The summed E-state index contributed by atoms with van der Waals surface area (Å²) in [6.07, 6.45) is 3.46. The van der Waals surface area contributed by atoms with Crippen LogP contribution in [0.15, 0.2) is 23.6 Å². The molecule has 0 amide bonds. The highest BCUT2D eigenvalue weighted by molar-refractivity contribution is 6.22. The summed E-state index contributed by atoms with van der Waals surface area (Å²) in [6.45, 7) is 3.78. The van der Waals surface area contributed by atoms with Crippen LogP contribution in [0.4, 0.5) is 4.39 Å². The zero-order chi connectivity index (χ0) is 7.72. The first-order chi connectivity index (χ1) is 4.61. The number of halogens is 2. The van der Waals surface area contributed by atoms with Crippen molar-refractivity contribution in [1.29, 1.82) is 0 Å². The van der Waals surface area contributed by atoms with E-state index < -0.39 is 5.38 Å². The Kier molecular flexibility index (Phi) is 2.14. The highest BCUT2D eigenvalue weighted by Gasteiger charge is 2.20. The molecule has 2 atom stereocenters. The Bertz CT molecular complexity index is 193. The second kappa shape index (κ2) is 2.75. The maximum absolute atomic E-state index is 12.8. The van der Waals surface area contributed by atoms with Crippen LogP contribution < -0.4 is 0 Å². The highest BCUT2D eigenvalue weighted by atomic mass is 35.5. The molecule has 0 aliphatic heterocycles. The minimum atomic E-state index is -0.455. The van der Waals surface area contributed by atoms with Gasteiger partial charge >= 0.3 is 0 Å². The number of hydrogen-bond acceptors (Lipinski definition) is 0. The van der Waals surface area contributed by atoms with Crippen molar-refractivity contribution in [3.63, 3.8) is 0 Å². The normalized spacial score (nSPS) is 33.2. The van der Waals surface area contributed by atoms with E-state index in [2.05, 4.69) is 0 Å². The Hall–Kier alpha value is -0.300. The SMILES string of the molecule is CC1=CC(C)C(Cl)C(F)=C1. The molecule has 1 aliphatic carbocycles. The molecular weight excluding hydrogens is 151 g/mol. The summed E-state index contributed by atoms with van der Waals surface area (Å²) in [5.74, 6) is -0.0965. The van der Waals surface area contributed by atoms with E-state index in [-0.39, 0.29) is 11.7 Å². The average Bonchev–Trinajstić information content (AvgIpc) is 1.82. The van der Waals surface area contributed by atoms with E-state index in [1.165, 1.54) is 6.08 Å². The zero-order valence-corrected chi connectivity index (χ0v) is 6.82. The molecule has 1 rings (SSSR count). The second-order valence-electron chi connectivity index (χ2n) is 2.70. The van der Waals surface area contributed by atoms with Crippen molar-refractivity contribution in [2.24, 2.45) is 5.92 Å². The molecule has 1 aliphatic rings. The van der Waals surface area contributed by atoms with Crippen molar-refractivity contribution in [3.8, 4) is 0 Å². The Labute approximate surface area is 65.4 Å². The molecule has 0 aromatic heterocycles. The van der Waals surface area contributed by atoms with Crippen molar-refractivity contribution < 1.29 is 4.39 Å². The average molecular weight is 161 g/mol. The van der Waals surface area contributed by atoms with E-state index in [1.807, 2.05) is 19.9 Å². The summed E-state index contributed by atoms with van der Waals surface area (Å²) in [6, 6.07) is 0. The molecule has 0 aromatic rings. The van der Waals surface area contributed by atoms with Crippen molar-refractivity contribution in [3.05, 3.63) is 23.6 Å². The minimum Gasteiger partial charge on any atom is -0.210 e. The van der Waals surface area contributed by atoms with E-state index in [0.717, 1.165) is 5.57 Å². The second-order valence-corrected chi connectivity index (χ2v) is 3.17. The topological polar surface area (TPSA) is 0 Å². The fourth-order valence-corrected chi connectivity index (χ4v) is 1.23. The fourth-order valence-electron chi connectivity index (χ4n) is 1.10. The minimum absolute atomic E-state index is 0.117. The number of hydrogen-bond donors (Lipinski definition) is 0. The first kappa shape index (κ1) is 7.80. The van der Waals surface area contributed by atoms with Gasteiger partial charge in [-0.05, 0) is 18.9 Å². The highest BCUT2D eigenvalue weighted by Crippen LogP contribution is 2.27. The predicted molar refractivity (Wildman–Crippen MR) is 41.8 cm³/mol. The Morgan fingerprint density at radius 3 is 2.70 bits per heavy atom. The summed E-state index contributed by atoms with van der Waals surface area (Å²) in [7, 11) is 0. The van der Waals surface area contributed by atoms with Gasteiger partial charge in [-0.3, -0.25) is 0 Å². The third-order valence-electron chi connectivity index (χ3n) is 1.62. The predicted octanol–water partition coefficient (Wildman–Crippen LogP) is 3.04. The molecule has 10 heavy (non-hydrogen) atoms. The van der Waals surface area contributed by atoms with E-state index in [0.29, 0.717) is 0 Å². The molecule has 0 bridgehead atoms. The molecule has 0 saturated heterocycles. The van der Waals surface area contributed by atoms with Gasteiger partial charge in [0, 0.05) is 0 Å². The van der Waals surface area contributed by atoms with Gasteiger partial charge in [0.05, 0.1) is 5.38 Å². The molecule has 56 valence electrons. The number of alkyl halides is 1. The summed E-state index contributed by atoms with van der Waals surface area (Å²) in [4.78, 5) is 0. The van der Waals surface area contributed by atoms with Gasteiger partial charge in [0.2, 0.25) is 0 Å². The molecule has 0 radical (unpaired) electrons. The molecule has 2 heteroatoms. The third-order valence-corrected chi connectivity index (χ3v) is 2.22. The lowest BCUT2D eigenvalue weighted by atomic mass is 9.97. The molecule has 0 spiro atoms. The lowest BCUT2D eigenvalue weighted by Crippen LogP contribution is -2.13. The van der Waals surface area contributed by atoms with Crippen LogP contribution in [0.25, 0.3) is 0 Å². The van der Waals surface area contributed by atoms with E-state index in [1.54, 1.807) is 0 Å². The molecule has 0 fully saturated rings. The van der Waals surface area contributed by atoms with Crippen molar-refractivity contribution in [1.82, 2.24) is 0 Å². The molecule has 0 saturated carbocycles. The molecular formula is C8H10ClF. The monoisotopic (exact) mass is 160 g/mol. The van der Waals surface area contributed by atoms with Gasteiger partial charge < -0.3 is 0 Å². The van der Waals surface area contributed by atoms with Crippen LogP contribution in [0, 0.1) is 5.92 Å². The molecule has 0 N–H and O–H groups in total. The van der Waals surface area contributed by atoms with E-state index in [4.69, 9.17) is 11.6 Å². The van der Waals surface area contributed by atoms with Crippen LogP contribution in [0.5, 0.6) is 0 Å². The third kappa shape index (κ3) is 1.40. The lowest BCUT2D eigenvalue weighted by molar-refractivity contribution is 0.538. The molecule has 0 heterocycles. The van der Waals surface area contributed by atoms with Gasteiger partial charge in [-0.1, -0.05) is 18.6 Å². The van der Waals surface area contributed by atoms with Crippen molar-refractivity contribution in [2.45, 2.75) is 19.2 Å². The molecule has 0 nitrogen and oxygen atoms in total. The van der Waals surface area contributed by atoms with E-state index in [9.17, 15) is 4.39 Å². The Balaban J connectivity index is 2.85. The van der Waals surface area contributed by atoms with Gasteiger partial charge in [0.25, 0.3) is 0 Å². The Morgan fingerprint density at radius 1 is 1.60 bits per heavy atom. The van der Waals surface area contributed by atoms with Gasteiger partial charge in [-0.15, -0.1) is 11.6 Å². The summed E-state index contributed by atoms with van der Waals surface area (Å²) in [5.41, 5.74) is 0.960. The summed E-state index contributed by atoms with van der Waals surface area (Å²) in [5, 5.41) is -0.455. The van der Waals surface area contributed by atoms with Crippen LogP contribution in [0.2, 0.25) is 0 Å². The van der Waals surface area contributed by atoms with Crippen LogP contribution in [-0.2, 0) is 0 Å². The lowest BCUT2D eigenvalue weighted by Gasteiger charge is -2.17. The standard InChI is InChI=1S/C8H10ClF/c1-5-3-6(2)8(9)7(10)4-5/h3-4,6,8H,1-2H3. The molecule has 0 aromatic carbocycles. The summed E-state index contributed by atoms with van der Waals surface area (Å²) >= 11 is 5.69. The quantitative estimate of drug-likeness (QED) is 0.478. The number of rotatable bonds is 0. The van der Waals surface area contributed by atoms with Crippen LogP contribution in [0.3, 0.4) is 0 Å². The first-order valence-corrected chi connectivity index (χ1v) is 3.74. The van der Waals surface area contributed by atoms with Crippen LogP contribution in [-0.4, -0.2) is 5.38 Å². The zero-order valence-electron chi connectivity index (χ0n) is 6.07. The van der Waals surface area contributed by atoms with Crippen LogP contribution in [0.1, 0.15) is 13.8 Å². The van der Waals surface area contributed by atoms with Gasteiger partial charge in [0.1, 0.15) is 5.83 Å². The maximum Gasteiger partial charge on any atom is 0.119 e. The van der Waals surface area contributed by atoms with Crippen molar-refractivity contribution >= 4 is 11.6 Å².